The summed E-state index contributed by atoms with van der Waals surface area (Å²) in [6.45, 7) is 3.66. The van der Waals surface area contributed by atoms with Gasteiger partial charge in [0.1, 0.15) is 5.82 Å². The van der Waals surface area contributed by atoms with Crippen LogP contribution in [0.25, 0.3) is 10.8 Å². The maximum absolute atomic E-state index is 13.5. The number of amides is 2. The maximum atomic E-state index is 13.5. The zero-order valence-corrected chi connectivity index (χ0v) is 17.8. The Kier molecular flexibility index (Phi) is 6.25. The largest absolute Gasteiger partial charge is 0.381 e. The highest BCUT2D eigenvalue weighted by Gasteiger charge is 2.28. The molecule has 0 radical (unpaired) electrons. The molecule has 3 aromatic rings. The minimum atomic E-state index is -0.548. The van der Waals surface area contributed by atoms with Crippen LogP contribution < -0.4 is 10.9 Å². The number of anilines is 1. The summed E-state index contributed by atoms with van der Waals surface area (Å²) in [6, 6.07) is 10.7. The van der Waals surface area contributed by atoms with Crippen molar-refractivity contribution in [3.8, 4) is 0 Å². The lowest BCUT2D eigenvalue weighted by Gasteiger charge is -2.32. The van der Waals surface area contributed by atoms with Gasteiger partial charge in [-0.3, -0.25) is 4.79 Å². The average molecular weight is 444 g/mol. The Balaban J connectivity index is 1.67. The minimum Gasteiger partial charge on any atom is -0.381 e. The molecule has 8 heteroatoms. The molecule has 1 aliphatic heterocycles. The minimum absolute atomic E-state index is 0.0618. The first-order valence-electron chi connectivity index (χ1n) is 10.1. The van der Waals surface area contributed by atoms with Gasteiger partial charge in [-0.1, -0.05) is 29.8 Å². The molecule has 1 unspecified atom stereocenters. The molecular weight excluding hydrogens is 421 g/mol. The van der Waals surface area contributed by atoms with Crippen molar-refractivity contribution in [3.63, 3.8) is 0 Å². The van der Waals surface area contributed by atoms with Gasteiger partial charge in [0, 0.05) is 36.3 Å². The van der Waals surface area contributed by atoms with Crippen LogP contribution in [0.5, 0.6) is 0 Å². The van der Waals surface area contributed by atoms with E-state index in [0.29, 0.717) is 30.8 Å². The molecular formula is C23H23ClFN3O3. The first kappa shape index (κ1) is 21.3. The van der Waals surface area contributed by atoms with Gasteiger partial charge in [-0.15, -0.1) is 0 Å². The molecule has 1 fully saturated rings. The second-order valence-corrected chi connectivity index (χ2v) is 8.14. The molecule has 0 spiro atoms. The van der Waals surface area contributed by atoms with Gasteiger partial charge < -0.3 is 19.9 Å². The Morgan fingerprint density at radius 3 is 2.81 bits per heavy atom. The number of nitrogens with one attached hydrogen (secondary N) is 2. The lowest BCUT2D eigenvalue weighted by atomic mass is 10.00. The van der Waals surface area contributed by atoms with E-state index in [1.165, 1.54) is 18.2 Å². The predicted octanol–water partition coefficient (Wildman–Crippen LogP) is 4.95. The van der Waals surface area contributed by atoms with Crippen LogP contribution in [-0.2, 0) is 4.74 Å². The summed E-state index contributed by atoms with van der Waals surface area (Å²) < 4.78 is 19.0. The van der Waals surface area contributed by atoms with Crippen LogP contribution in [0, 0.1) is 11.7 Å². The van der Waals surface area contributed by atoms with Gasteiger partial charge in [0.25, 0.3) is 5.56 Å². The smallest absolute Gasteiger partial charge is 0.322 e. The van der Waals surface area contributed by atoms with E-state index in [2.05, 4.69) is 10.3 Å². The number of fused-ring (bicyclic) bond motifs is 1. The number of halogens is 2. The number of benzene rings is 2. The third-order valence-electron chi connectivity index (χ3n) is 5.67. The number of H-pyrrole nitrogens is 1. The summed E-state index contributed by atoms with van der Waals surface area (Å²) in [5.41, 5.74) is 1.07. The molecule has 2 heterocycles. The quantitative estimate of drug-likeness (QED) is 0.585. The normalized spacial score (nSPS) is 16.9. The standard InChI is InChI=1S/C23H23ClFN3O3/c1-14(19-11-26-22(29)18-5-3-2-4-17(18)19)28(12-15-8-9-31-13-15)23(30)27-16-6-7-21(25)20(24)10-16/h2-7,10-11,14-15H,8-9,12-13H2,1H3,(H,26,29)(H,27,30)/t14?,15-/m1/s1. The molecule has 0 bridgehead atoms. The zero-order valence-electron chi connectivity index (χ0n) is 17.0. The van der Waals surface area contributed by atoms with Crippen molar-refractivity contribution in [1.29, 1.82) is 0 Å². The molecule has 31 heavy (non-hydrogen) atoms. The third kappa shape index (κ3) is 4.57. The summed E-state index contributed by atoms with van der Waals surface area (Å²) >= 11 is 5.86. The number of aromatic amines is 1. The monoisotopic (exact) mass is 443 g/mol. The molecule has 0 saturated carbocycles. The highest BCUT2D eigenvalue weighted by atomic mass is 35.5. The molecule has 1 aliphatic rings. The van der Waals surface area contributed by atoms with Gasteiger partial charge >= 0.3 is 6.03 Å². The van der Waals surface area contributed by atoms with E-state index < -0.39 is 5.82 Å². The number of nitrogens with zero attached hydrogens (tertiary/aromatic N) is 1. The lowest BCUT2D eigenvalue weighted by Crippen LogP contribution is -2.40. The molecule has 2 aromatic carbocycles. The van der Waals surface area contributed by atoms with Gasteiger partial charge in [0.05, 0.1) is 17.7 Å². The van der Waals surface area contributed by atoms with Gasteiger partial charge in [0.15, 0.2) is 0 Å². The highest BCUT2D eigenvalue weighted by Crippen LogP contribution is 2.29. The SMILES string of the molecule is CC(c1c[nH]c(=O)c2ccccc12)N(C[C@H]1CCOC1)C(=O)Nc1ccc(F)c(Cl)c1. The molecule has 1 saturated heterocycles. The van der Waals surface area contributed by atoms with E-state index in [9.17, 15) is 14.0 Å². The van der Waals surface area contributed by atoms with Crippen molar-refractivity contribution in [2.75, 3.05) is 25.1 Å². The molecule has 162 valence electrons. The Morgan fingerprint density at radius 1 is 1.32 bits per heavy atom. The fourth-order valence-corrected chi connectivity index (χ4v) is 4.12. The van der Waals surface area contributed by atoms with Crippen LogP contribution in [-0.4, -0.2) is 35.7 Å². The van der Waals surface area contributed by atoms with E-state index in [1.807, 2.05) is 25.1 Å². The summed E-state index contributed by atoms with van der Waals surface area (Å²) in [4.78, 5) is 30.0. The van der Waals surface area contributed by atoms with E-state index in [4.69, 9.17) is 16.3 Å². The summed E-state index contributed by atoms with van der Waals surface area (Å²) in [7, 11) is 0. The number of carbonyl (C=O) groups excluding carboxylic acids is 1. The van der Waals surface area contributed by atoms with E-state index in [-0.39, 0.29) is 28.6 Å². The molecule has 2 N–H and O–H groups in total. The van der Waals surface area contributed by atoms with E-state index in [1.54, 1.807) is 17.2 Å². The maximum Gasteiger partial charge on any atom is 0.322 e. The topological polar surface area (TPSA) is 74.4 Å². The number of ether oxygens (including phenoxy) is 1. The van der Waals surface area contributed by atoms with E-state index in [0.717, 1.165) is 17.4 Å². The zero-order chi connectivity index (χ0) is 22.0. The number of rotatable bonds is 5. The van der Waals surface area contributed by atoms with Crippen molar-refractivity contribution in [2.24, 2.45) is 5.92 Å². The Hall–Kier alpha value is -2.90. The van der Waals surface area contributed by atoms with Crippen molar-refractivity contribution >= 4 is 34.1 Å². The van der Waals surface area contributed by atoms with Gasteiger partial charge in [-0.05, 0) is 48.6 Å². The van der Waals surface area contributed by atoms with Crippen LogP contribution in [0.3, 0.4) is 0 Å². The lowest BCUT2D eigenvalue weighted by molar-refractivity contribution is 0.157. The summed E-state index contributed by atoms with van der Waals surface area (Å²) in [6.07, 6.45) is 2.53. The molecule has 2 atom stereocenters. The number of carbonyl (C=O) groups is 1. The van der Waals surface area contributed by atoms with Crippen molar-refractivity contribution in [2.45, 2.75) is 19.4 Å². The van der Waals surface area contributed by atoms with Gasteiger partial charge in [0.2, 0.25) is 0 Å². The Bertz CT molecular complexity index is 1160. The van der Waals surface area contributed by atoms with Crippen LogP contribution in [0.1, 0.15) is 24.9 Å². The number of hydrogen-bond donors (Lipinski definition) is 2. The van der Waals surface area contributed by atoms with Gasteiger partial charge in [-0.2, -0.15) is 0 Å². The van der Waals surface area contributed by atoms with E-state index >= 15 is 0 Å². The third-order valence-corrected chi connectivity index (χ3v) is 5.96. The molecule has 4 rings (SSSR count). The molecule has 6 nitrogen and oxygen atoms in total. The summed E-state index contributed by atoms with van der Waals surface area (Å²) in [5.74, 6) is -0.341. The predicted molar refractivity (Wildman–Crippen MR) is 119 cm³/mol. The number of hydrogen-bond acceptors (Lipinski definition) is 3. The molecule has 0 aliphatic carbocycles. The van der Waals surface area contributed by atoms with Crippen LogP contribution in [0.15, 0.2) is 53.5 Å². The van der Waals surface area contributed by atoms with Crippen molar-refractivity contribution in [1.82, 2.24) is 9.88 Å². The molecule has 1 aromatic heterocycles. The Morgan fingerprint density at radius 2 is 2.10 bits per heavy atom. The average Bonchev–Trinajstić information content (AvgIpc) is 3.28. The van der Waals surface area contributed by atoms with Crippen LogP contribution in [0.4, 0.5) is 14.9 Å². The first-order chi connectivity index (χ1) is 14.9. The Labute approximate surface area is 184 Å². The van der Waals surface area contributed by atoms with Crippen molar-refractivity contribution in [3.05, 3.63) is 75.4 Å². The highest BCUT2D eigenvalue weighted by molar-refractivity contribution is 6.31. The fraction of sp³-hybridized carbons (Fsp3) is 0.304. The number of aromatic nitrogens is 1. The second-order valence-electron chi connectivity index (χ2n) is 7.74. The van der Waals surface area contributed by atoms with Crippen LogP contribution in [0.2, 0.25) is 5.02 Å². The number of urea groups is 1. The van der Waals surface area contributed by atoms with Gasteiger partial charge in [-0.25, -0.2) is 9.18 Å². The second kappa shape index (κ2) is 9.08. The van der Waals surface area contributed by atoms with Crippen molar-refractivity contribution < 1.29 is 13.9 Å². The fourth-order valence-electron chi connectivity index (χ4n) is 3.94. The molecule has 2 amide bonds. The first-order valence-corrected chi connectivity index (χ1v) is 10.5. The van der Waals surface area contributed by atoms with Crippen LogP contribution >= 0.6 is 11.6 Å². The number of pyridine rings is 1. The summed E-state index contributed by atoms with van der Waals surface area (Å²) in [5, 5.41) is 4.12.